The maximum absolute atomic E-state index is 8.56. The van der Waals surface area contributed by atoms with Gasteiger partial charge in [-0.2, -0.15) is 55.4 Å². The van der Waals surface area contributed by atoms with E-state index in [0.29, 0.717) is 0 Å². The average molecular weight is 445 g/mol. The predicted molar refractivity (Wildman–Crippen MR) is 81.3 cm³/mol. The Bertz CT molecular complexity index is 90.8. The number of aliphatic hydroxyl groups excluding tert-OH is 1. The molecule has 0 amide bonds. The van der Waals surface area contributed by atoms with Gasteiger partial charge in [0.05, 0.1) is 0 Å². The summed E-state index contributed by atoms with van der Waals surface area (Å²) >= 11 is -2.33. The van der Waals surface area contributed by atoms with Crippen LogP contribution in [0, 0.1) is 25.7 Å². The van der Waals surface area contributed by atoms with Crippen LogP contribution in [0.3, 0.4) is 0 Å². The predicted octanol–water partition coefficient (Wildman–Crippen LogP) is 5.07. The molecule has 0 rings (SSSR count). The van der Waals surface area contributed by atoms with Gasteiger partial charge in [0.2, 0.25) is 0 Å². The first-order valence-corrected chi connectivity index (χ1v) is 9.02. The maximum atomic E-state index is 8.56. The Hall–Kier alpha value is 0.300. The van der Waals surface area contributed by atoms with Crippen LogP contribution in [0.4, 0.5) is 0 Å². The summed E-state index contributed by atoms with van der Waals surface area (Å²) in [5.41, 5.74) is 0. The summed E-state index contributed by atoms with van der Waals surface area (Å²) in [6.07, 6.45) is 7.83. The van der Waals surface area contributed by atoms with Crippen LogP contribution in [0.15, 0.2) is 0 Å². The Morgan fingerprint density at radius 3 is 0.684 bits per heavy atom. The molecule has 0 spiro atoms. The minimum absolute atomic E-state index is 0.167. The molecule has 0 aliphatic heterocycles. The van der Waals surface area contributed by atoms with Crippen molar-refractivity contribution in [1.29, 1.82) is 0 Å². The van der Waals surface area contributed by atoms with Crippen molar-refractivity contribution in [3.8, 4) is 0 Å². The van der Waals surface area contributed by atoms with Gasteiger partial charge in [-0.3, -0.25) is 0 Å². The van der Waals surface area contributed by atoms with Crippen molar-refractivity contribution >= 4 is 0 Å². The Labute approximate surface area is 132 Å². The molecule has 0 saturated carbocycles. The number of aliphatic hydroxyl groups is 1. The van der Waals surface area contributed by atoms with Gasteiger partial charge >= 0.3 is 26.2 Å². The summed E-state index contributed by atoms with van der Waals surface area (Å²) in [6.45, 7) is 19.4. The standard InChI is InChI=1S/C3H8O.4C3H7.2O.Ta/c1-3(2)4;4*1-3-2;;;/h3-4H,1-2H3;4*3H,1-2H3;;;/q;4*-1;;;. The second-order valence-electron chi connectivity index (χ2n) is 3.48. The van der Waals surface area contributed by atoms with Crippen molar-refractivity contribution < 1.29 is 31.3 Å². The third-order valence-corrected chi connectivity index (χ3v) is 0. The molecular formula is C15H36O3Ta-4. The van der Waals surface area contributed by atoms with Gasteiger partial charge in [0.25, 0.3) is 0 Å². The van der Waals surface area contributed by atoms with E-state index in [1.165, 1.54) is 0 Å². The molecular weight excluding hydrogens is 409 g/mol. The van der Waals surface area contributed by atoms with Crippen molar-refractivity contribution in [3.05, 3.63) is 25.7 Å². The van der Waals surface area contributed by atoms with Crippen LogP contribution in [0.25, 0.3) is 0 Å². The molecule has 123 valence electrons. The van der Waals surface area contributed by atoms with Crippen LogP contribution in [0.5, 0.6) is 0 Å². The van der Waals surface area contributed by atoms with Crippen LogP contribution < -0.4 is 0 Å². The molecule has 0 aromatic carbocycles. The number of hydrogen-bond acceptors (Lipinski definition) is 3. The normalized spacial score (nSPS) is 6.11. The van der Waals surface area contributed by atoms with Crippen LogP contribution in [-0.4, -0.2) is 11.2 Å². The van der Waals surface area contributed by atoms with Gasteiger partial charge in [-0.05, 0) is 13.8 Å². The van der Waals surface area contributed by atoms with E-state index in [-0.39, 0.29) is 6.10 Å². The number of rotatable bonds is 0. The zero-order chi connectivity index (χ0) is 17.1. The van der Waals surface area contributed by atoms with Crippen molar-refractivity contribution in [2.45, 2.75) is 75.3 Å². The van der Waals surface area contributed by atoms with Crippen molar-refractivity contribution in [2.24, 2.45) is 0 Å². The zero-order valence-corrected chi connectivity index (χ0v) is 17.8. The molecule has 0 atom stereocenters. The topological polar surface area (TPSA) is 54.4 Å². The Morgan fingerprint density at radius 1 is 0.684 bits per heavy atom. The average Bonchev–Trinajstić information content (AvgIpc) is 2.21. The Balaban J connectivity index is -0.0000000268. The van der Waals surface area contributed by atoms with Gasteiger partial charge in [-0.1, -0.05) is 0 Å². The first-order valence-electron chi connectivity index (χ1n) is 6.40. The van der Waals surface area contributed by atoms with Crippen LogP contribution >= 0.6 is 0 Å². The molecule has 4 heteroatoms. The third-order valence-electron chi connectivity index (χ3n) is 0. The van der Waals surface area contributed by atoms with E-state index in [9.17, 15) is 0 Å². The van der Waals surface area contributed by atoms with E-state index in [4.69, 9.17) is 11.6 Å². The fraction of sp³-hybridized carbons (Fsp3) is 0.733. The summed E-state index contributed by atoms with van der Waals surface area (Å²) in [4.78, 5) is 0. The van der Waals surface area contributed by atoms with E-state index in [1.54, 1.807) is 13.8 Å². The van der Waals surface area contributed by atoms with Crippen LogP contribution in [-0.2, 0) is 26.2 Å². The van der Waals surface area contributed by atoms with Crippen molar-refractivity contribution in [3.63, 3.8) is 0 Å². The SMILES string of the molecule is CC(C)O.C[CH-]C.C[CH-]C.C[CH-]C.C[CH-]C.[O]=[Ta]=[O]. The van der Waals surface area contributed by atoms with Gasteiger partial charge in [0.1, 0.15) is 0 Å². The van der Waals surface area contributed by atoms with Gasteiger partial charge < -0.3 is 30.8 Å². The van der Waals surface area contributed by atoms with E-state index in [2.05, 4.69) is 0 Å². The van der Waals surface area contributed by atoms with Crippen LogP contribution in [0.1, 0.15) is 69.2 Å². The molecule has 0 aliphatic carbocycles. The summed E-state index contributed by atoms with van der Waals surface area (Å²) in [5, 5.41) is 8.06. The summed E-state index contributed by atoms with van der Waals surface area (Å²) in [7, 11) is 0. The molecule has 0 fully saturated rings. The summed E-state index contributed by atoms with van der Waals surface area (Å²) < 4.78 is 17.1. The summed E-state index contributed by atoms with van der Waals surface area (Å²) in [6, 6.07) is 0. The Kier molecular flexibility index (Phi) is 153. The quantitative estimate of drug-likeness (QED) is 0.530. The van der Waals surface area contributed by atoms with Crippen LogP contribution in [0.2, 0.25) is 0 Å². The monoisotopic (exact) mass is 445 g/mol. The van der Waals surface area contributed by atoms with E-state index in [1.807, 2.05) is 81.1 Å². The zero-order valence-electron chi connectivity index (χ0n) is 14.6. The molecule has 0 heterocycles. The fourth-order valence-corrected chi connectivity index (χ4v) is 0. The van der Waals surface area contributed by atoms with Gasteiger partial charge in [-0.15, -0.1) is 0 Å². The molecule has 0 bridgehead atoms. The minimum atomic E-state index is -2.33. The molecule has 0 aliphatic rings. The first-order chi connectivity index (χ1) is 8.80. The second-order valence-corrected chi connectivity index (χ2v) is 4.01. The van der Waals surface area contributed by atoms with Crippen molar-refractivity contribution in [1.82, 2.24) is 0 Å². The molecule has 0 aromatic heterocycles. The molecule has 3 nitrogen and oxygen atoms in total. The van der Waals surface area contributed by atoms with Gasteiger partial charge in [0, 0.05) is 6.10 Å². The fourth-order valence-electron chi connectivity index (χ4n) is 0. The molecule has 0 unspecified atom stereocenters. The van der Waals surface area contributed by atoms with E-state index < -0.39 is 19.7 Å². The molecule has 0 radical (unpaired) electrons. The number of hydrogen-bond donors (Lipinski definition) is 1. The second kappa shape index (κ2) is 79.5. The van der Waals surface area contributed by atoms with Crippen molar-refractivity contribution in [2.75, 3.05) is 0 Å². The van der Waals surface area contributed by atoms with E-state index in [0.717, 1.165) is 0 Å². The first kappa shape index (κ1) is 36.5. The molecule has 1 N–H and O–H groups in total. The van der Waals surface area contributed by atoms with E-state index >= 15 is 0 Å². The Morgan fingerprint density at radius 2 is 0.684 bits per heavy atom. The van der Waals surface area contributed by atoms with Gasteiger partial charge in [0.15, 0.2) is 0 Å². The summed E-state index contributed by atoms with van der Waals surface area (Å²) in [5.74, 6) is 0. The third kappa shape index (κ3) is 53900. The van der Waals surface area contributed by atoms with Gasteiger partial charge in [-0.25, -0.2) is 0 Å². The molecule has 0 aromatic rings. The molecule has 0 saturated heterocycles. The molecule has 19 heavy (non-hydrogen) atoms.